The molecule has 33 heavy (non-hydrogen) atoms. The van der Waals surface area contributed by atoms with E-state index in [0.717, 1.165) is 16.9 Å². The Balaban J connectivity index is 1.59. The lowest BCUT2D eigenvalue weighted by Crippen LogP contribution is -2.23. The molecule has 0 radical (unpaired) electrons. The zero-order valence-corrected chi connectivity index (χ0v) is 18.7. The van der Waals surface area contributed by atoms with Crippen molar-refractivity contribution in [2.75, 3.05) is 20.3 Å². The van der Waals surface area contributed by atoms with Gasteiger partial charge in [-0.2, -0.15) is 5.26 Å². The summed E-state index contributed by atoms with van der Waals surface area (Å²) in [4.78, 5) is 12.4. The number of ether oxygens (including phenoxy) is 3. The summed E-state index contributed by atoms with van der Waals surface area (Å²) in [6.45, 7) is 3.08. The molecule has 3 rings (SSSR count). The Hall–Kier alpha value is -4.24. The van der Waals surface area contributed by atoms with Gasteiger partial charge in [-0.3, -0.25) is 4.79 Å². The minimum Gasteiger partial charge on any atom is -0.493 e. The number of carbonyl (C=O) groups is 1. The fraction of sp³-hybridized carbons (Fsp3) is 0.185. The molecule has 0 aliphatic rings. The molecule has 3 aromatic carbocycles. The quantitative estimate of drug-likeness (QED) is 0.280. The molecule has 0 fully saturated rings. The van der Waals surface area contributed by atoms with E-state index in [1.165, 1.54) is 13.2 Å². The molecule has 0 bridgehead atoms. The number of aryl methyl sites for hydroxylation is 1. The fourth-order valence-electron chi connectivity index (χ4n) is 3.10. The van der Waals surface area contributed by atoms with Crippen molar-refractivity contribution < 1.29 is 19.0 Å². The molecular weight excluding hydrogens is 416 g/mol. The van der Waals surface area contributed by atoms with Crippen LogP contribution in [-0.2, 0) is 11.3 Å². The van der Waals surface area contributed by atoms with Gasteiger partial charge in [0.2, 0.25) is 0 Å². The average Bonchev–Trinajstić information content (AvgIpc) is 2.84. The maximum absolute atomic E-state index is 12.4. The van der Waals surface area contributed by atoms with E-state index < -0.39 is 5.91 Å². The van der Waals surface area contributed by atoms with Gasteiger partial charge in [0, 0.05) is 6.54 Å². The van der Waals surface area contributed by atoms with Crippen LogP contribution in [0.5, 0.6) is 17.2 Å². The van der Waals surface area contributed by atoms with E-state index in [1.807, 2.05) is 67.6 Å². The van der Waals surface area contributed by atoms with Crippen LogP contribution >= 0.6 is 0 Å². The predicted molar refractivity (Wildman–Crippen MR) is 127 cm³/mol. The van der Waals surface area contributed by atoms with Gasteiger partial charge in [-0.1, -0.05) is 48.5 Å². The molecule has 168 valence electrons. The normalized spacial score (nSPS) is 10.8. The van der Waals surface area contributed by atoms with Crippen LogP contribution in [0.3, 0.4) is 0 Å². The summed E-state index contributed by atoms with van der Waals surface area (Å²) in [6.07, 6.45) is 1.52. The van der Waals surface area contributed by atoms with Crippen LogP contribution in [0.2, 0.25) is 0 Å². The topological polar surface area (TPSA) is 80.6 Å². The Morgan fingerprint density at radius 1 is 0.970 bits per heavy atom. The number of hydrogen-bond acceptors (Lipinski definition) is 5. The van der Waals surface area contributed by atoms with Gasteiger partial charge < -0.3 is 19.5 Å². The number of hydrogen-bond donors (Lipinski definition) is 1. The highest BCUT2D eigenvalue weighted by Gasteiger charge is 2.11. The lowest BCUT2D eigenvalue weighted by atomic mass is 10.1. The molecule has 0 saturated carbocycles. The van der Waals surface area contributed by atoms with Crippen LogP contribution in [0.1, 0.15) is 16.7 Å². The Bertz CT molecular complexity index is 1150. The van der Waals surface area contributed by atoms with E-state index >= 15 is 0 Å². The van der Waals surface area contributed by atoms with Crippen molar-refractivity contribution in [3.05, 3.63) is 95.1 Å². The standard InChI is InChI=1S/C27H26N2O4/c1-20-7-6-10-24(15-20)32-13-14-33-25-12-11-22(17-26(25)31-2)16-23(18-28)27(30)29-19-21-8-4-3-5-9-21/h3-12,15-17H,13-14,19H2,1-2H3,(H,29,30)/b23-16+. The molecule has 0 spiro atoms. The summed E-state index contributed by atoms with van der Waals surface area (Å²) in [6, 6.07) is 24.5. The summed E-state index contributed by atoms with van der Waals surface area (Å²) >= 11 is 0. The van der Waals surface area contributed by atoms with E-state index in [0.29, 0.717) is 36.8 Å². The smallest absolute Gasteiger partial charge is 0.262 e. The molecule has 3 aromatic rings. The summed E-state index contributed by atoms with van der Waals surface area (Å²) in [5.41, 5.74) is 2.75. The molecule has 6 heteroatoms. The number of benzene rings is 3. The molecule has 0 aliphatic heterocycles. The van der Waals surface area contributed by atoms with E-state index in [4.69, 9.17) is 14.2 Å². The molecule has 0 atom stereocenters. The van der Waals surface area contributed by atoms with Crippen molar-refractivity contribution in [1.82, 2.24) is 5.32 Å². The van der Waals surface area contributed by atoms with Crippen molar-refractivity contribution in [1.29, 1.82) is 5.26 Å². The first kappa shape index (κ1) is 23.4. The predicted octanol–water partition coefficient (Wildman–Crippen LogP) is 4.68. The third-order valence-electron chi connectivity index (χ3n) is 4.76. The number of carbonyl (C=O) groups excluding carboxylic acids is 1. The SMILES string of the molecule is COc1cc(/C=C(\C#N)C(=O)NCc2ccccc2)ccc1OCCOc1cccc(C)c1. The third kappa shape index (κ3) is 7.15. The first-order chi connectivity index (χ1) is 16.1. The fourth-order valence-corrected chi connectivity index (χ4v) is 3.10. The second-order valence-electron chi connectivity index (χ2n) is 7.26. The van der Waals surface area contributed by atoms with Gasteiger partial charge in [-0.25, -0.2) is 0 Å². The molecule has 0 saturated heterocycles. The molecule has 0 heterocycles. The zero-order chi connectivity index (χ0) is 23.5. The lowest BCUT2D eigenvalue weighted by Gasteiger charge is -2.12. The van der Waals surface area contributed by atoms with Crippen LogP contribution in [0, 0.1) is 18.3 Å². The number of amides is 1. The van der Waals surface area contributed by atoms with Gasteiger partial charge in [-0.05, 0) is 54.0 Å². The van der Waals surface area contributed by atoms with E-state index in [1.54, 1.807) is 18.2 Å². The Morgan fingerprint density at radius 3 is 2.48 bits per heavy atom. The van der Waals surface area contributed by atoms with Crippen molar-refractivity contribution in [2.24, 2.45) is 0 Å². The van der Waals surface area contributed by atoms with Gasteiger partial charge in [0.1, 0.15) is 30.6 Å². The van der Waals surface area contributed by atoms with Crippen molar-refractivity contribution in [2.45, 2.75) is 13.5 Å². The molecular formula is C27H26N2O4. The van der Waals surface area contributed by atoms with Crippen LogP contribution < -0.4 is 19.5 Å². The second kappa shape index (κ2) is 12.0. The largest absolute Gasteiger partial charge is 0.493 e. The highest BCUT2D eigenvalue weighted by atomic mass is 16.5. The molecule has 0 unspecified atom stereocenters. The number of methoxy groups -OCH3 is 1. The number of nitriles is 1. The van der Waals surface area contributed by atoms with Crippen molar-refractivity contribution in [3.8, 4) is 23.3 Å². The molecule has 0 aliphatic carbocycles. The first-order valence-corrected chi connectivity index (χ1v) is 10.5. The maximum atomic E-state index is 12.4. The van der Waals surface area contributed by atoms with Gasteiger partial charge in [0.15, 0.2) is 11.5 Å². The van der Waals surface area contributed by atoms with Crippen LogP contribution in [0.25, 0.3) is 6.08 Å². The minimum absolute atomic E-state index is 0.00760. The van der Waals surface area contributed by atoms with E-state index in [-0.39, 0.29) is 5.57 Å². The van der Waals surface area contributed by atoms with Crippen LogP contribution in [-0.4, -0.2) is 26.2 Å². The van der Waals surface area contributed by atoms with Crippen molar-refractivity contribution >= 4 is 12.0 Å². The highest BCUT2D eigenvalue weighted by molar-refractivity contribution is 6.01. The molecule has 1 N–H and O–H groups in total. The van der Waals surface area contributed by atoms with Gasteiger partial charge >= 0.3 is 0 Å². The zero-order valence-electron chi connectivity index (χ0n) is 18.7. The summed E-state index contributed by atoms with van der Waals surface area (Å²) in [5, 5.41) is 12.2. The van der Waals surface area contributed by atoms with E-state index in [2.05, 4.69) is 5.32 Å². The summed E-state index contributed by atoms with van der Waals surface area (Å²) < 4.78 is 16.9. The average molecular weight is 443 g/mol. The molecule has 0 aromatic heterocycles. The summed E-state index contributed by atoms with van der Waals surface area (Å²) in [5.74, 6) is 1.41. The van der Waals surface area contributed by atoms with Crippen molar-refractivity contribution in [3.63, 3.8) is 0 Å². The van der Waals surface area contributed by atoms with Crippen LogP contribution in [0.4, 0.5) is 0 Å². The molecule has 6 nitrogen and oxygen atoms in total. The molecule has 1 amide bonds. The van der Waals surface area contributed by atoms with Gasteiger partial charge in [-0.15, -0.1) is 0 Å². The summed E-state index contributed by atoms with van der Waals surface area (Å²) in [7, 11) is 1.54. The number of nitrogens with one attached hydrogen (secondary N) is 1. The van der Waals surface area contributed by atoms with Gasteiger partial charge in [0.25, 0.3) is 5.91 Å². The monoisotopic (exact) mass is 442 g/mol. The van der Waals surface area contributed by atoms with E-state index in [9.17, 15) is 10.1 Å². The Morgan fingerprint density at radius 2 is 1.76 bits per heavy atom. The number of rotatable bonds is 10. The van der Waals surface area contributed by atoms with Gasteiger partial charge in [0.05, 0.1) is 7.11 Å². The third-order valence-corrected chi connectivity index (χ3v) is 4.76. The minimum atomic E-state index is -0.436. The second-order valence-corrected chi connectivity index (χ2v) is 7.26. The first-order valence-electron chi connectivity index (χ1n) is 10.5. The Kier molecular flexibility index (Phi) is 8.49. The highest BCUT2D eigenvalue weighted by Crippen LogP contribution is 2.29. The maximum Gasteiger partial charge on any atom is 0.262 e. The van der Waals surface area contributed by atoms with Crippen LogP contribution in [0.15, 0.2) is 78.4 Å². The number of nitrogens with zero attached hydrogens (tertiary/aromatic N) is 1. The lowest BCUT2D eigenvalue weighted by molar-refractivity contribution is -0.117. The Labute approximate surface area is 194 Å².